The smallest absolute Gasteiger partial charge is 0.435 e. The number of H-pyrrole nitrogens is 1. The number of tetrazole rings is 1. The van der Waals surface area contributed by atoms with Crippen molar-refractivity contribution in [3.05, 3.63) is 5.82 Å². The van der Waals surface area contributed by atoms with E-state index in [2.05, 4.69) is 25.9 Å². The first kappa shape index (κ1) is 21.6. The molecule has 0 bridgehead atoms. The van der Waals surface area contributed by atoms with E-state index >= 15 is 0 Å². The molecule has 4 atom stereocenters. The van der Waals surface area contributed by atoms with Gasteiger partial charge in [0.2, 0.25) is 0 Å². The van der Waals surface area contributed by atoms with E-state index in [9.17, 15) is 4.79 Å². The number of rotatable bonds is 5. The SMILES string of the molecule is CCOC(=O)O[C@H]1C[C@H]2C[C@@H](CCc3nn[nH]n3)CC[C@H]2CN1.Cl.O. The second-order valence-corrected chi connectivity index (χ2v) is 6.50. The highest BCUT2D eigenvalue weighted by Gasteiger charge is 2.36. The van der Waals surface area contributed by atoms with Crippen LogP contribution in [-0.2, 0) is 15.9 Å². The van der Waals surface area contributed by atoms with Crippen LogP contribution < -0.4 is 5.32 Å². The lowest BCUT2D eigenvalue weighted by molar-refractivity contribution is -0.0262. The zero-order valence-electron chi connectivity index (χ0n) is 14.4. The van der Waals surface area contributed by atoms with Crippen LogP contribution in [0.25, 0.3) is 0 Å². The van der Waals surface area contributed by atoms with Gasteiger partial charge in [-0.3, -0.25) is 5.32 Å². The van der Waals surface area contributed by atoms with Gasteiger partial charge in [-0.05, 0) is 43.9 Å². The normalized spacial score (nSPS) is 28.0. The van der Waals surface area contributed by atoms with Crippen LogP contribution in [0.4, 0.5) is 4.79 Å². The summed E-state index contributed by atoms with van der Waals surface area (Å²) in [6.07, 6.45) is 5.73. The molecular weight excluding hydrogens is 350 g/mol. The zero-order valence-corrected chi connectivity index (χ0v) is 15.3. The molecule has 0 aromatic carbocycles. The van der Waals surface area contributed by atoms with Crippen LogP contribution in [0.3, 0.4) is 0 Å². The standard InChI is InChI=1S/C15H25N5O3.ClH.H2O/c1-2-22-15(21)23-14-8-12-7-10(3-5-11(12)9-16-14)4-6-13-17-19-20-18-13;;/h10-12,14,16H,2-9H2,1H3,(H,17,18,19,20);1H;1H2/t10-,11+,12-,14+;;/m1../s1. The fraction of sp³-hybridized carbons (Fsp3) is 0.867. The molecule has 9 nitrogen and oxygen atoms in total. The number of aryl methyl sites for hydroxylation is 1. The number of aromatic amines is 1. The maximum atomic E-state index is 11.5. The number of piperidine rings is 1. The first-order valence-corrected chi connectivity index (χ1v) is 8.53. The van der Waals surface area contributed by atoms with E-state index in [1.807, 2.05) is 0 Å². The fourth-order valence-electron chi connectivity index (χ4n) is 3.86. The van der Waals surface area contributed by atoms with Gasteiger partial charge in [0, 0.05) is 19.4 Å². The van der Waals surface area contributed by atoms with Gasteiger partial charge in [0.05, 0.1) is 6.61 Å². The van der Waals surface area contributed by atoms with E-state index in [4.69, 9.17) is 9.47 Å². The summed E-state index contributed by atoms with van der Waals surface area (Å²) in [5, 5.41) is 17.5. The molecule has 3 rings (SSSR count). The number of carbonyl (C=O) groups excluding carboxylic acids is 1. The van der Waals surface area contributed by atoms with Gasteiger partial charge in [-0.1, -0.05) is 11.6 Å². The second-order valence-electron chi connectivity index (χ2n) is 6.50. The van der Waals surface area contributed by atoms with Crippen LogP contribution in [0.5, 0.6) is 0 Å². The third kappa shape index (κ3) is 6.09. The first-order chi connectivity index (χ1) is 11.2. The molecule has 10 heteroatoms. The number of halogens is 1. The molecule has 0 amide bonds. The van der Waals surface area contributed by atoms with Gasteiger partial charge in [0.15, 0.2) is 12.1 Å². The molecule has 1 aliphatic carbocycles. The average Bonchev–Trinajstić information content (AvgIpc) is 3.06. The minimum Gasteiger partial charge on any atom is -0.435 e. The lowest BCUT2D eigenvalue weighted by atomic mass is 9.70. The van der Waals surface area contributed by atoms with Crippen LogP contribution >= 0.6 is 12.4 Å². The van der Waals surface area contributed by atoms with E-state index in [1.165, 1.54) is 19.3 Å². The molecule has 1 saturated heterocycles. The lowest BCUT2D eigenvalue weighted by Crippen LogP contribution is -2.48. The van der Waals surface area contributed by atoms with Crippen LogP contribution in [0.1, 0.15) is 44.9 Å². The van der Waals surface area contributed by atoms with Gasteiger partial charge in [-0.2, -0.15) is 5.21 Å². The van der Waals surface area contributed by atoms with Crippen molar-refractivity contribution in [1.82, 2.24) is 25.9 Å². The van der Waals surface area contributed by atoms with E-state index in [0.717, 1.165) is 31.6 Å². The second kappa shape index (κ2) is 10.5. The monoisotopic (exact) mass is 377 g/mol. The van der Waals surface area contributed by atoms with Gasteiger partial charge < -0.3 is 14.9 Å². The maximum Gasteiger partial charge on any atom is 0.509 e. The van der Waals surface area contributed by atoms with E-state index in [0.29, 0.717) is 24.4 Å². The topological polar surface area (TPSA) is 134 Å². The van der Waals surface area contributed by atoms with Crippen molar-refractivity contribution in [3.8, 4) is 0 Å². The fourth-order valence-corrected chi connectivity index (χ4v) is 3.86. The zero-order chi connectivity index (χ0) is 16.1. The van der Waals surface area contributed by atoms with Crippen LogP contribution in [0.2, 0.25) is 0 Å². The molecule has 2 heterocycles. The summed E-state index contributed by atoms with van der Waals surface area (Å²) in [4.78, 5) is 11.5. The Morgan fingerprint density at radius 2 is 2.12 bits per heavy atom. The van der Waals surface area contributed by atoms with E-state index in [-0.39, 0.29) is 24.1 Å². The van der Waals surface area contributed by atoms with E-state index in [1.54, 1.807) is 6.92 Å². The van der Waals surface area contributed by atoms with Crippen molar-refractivity contribution in [1.29, 1.82) is 0 Å². The van der Waals surface area contributed by atoms with E-state index < -0.39 is 6.16 Å². The molecule has 1 saturated carbocycles. The summed E-state index contributed by atoms with van der Waals surface area (Å²) >= 11 is 0. The van der Waals surface area contributed by atoms with Gasteiger partial charge in [-0.15, -0.1) is 22.6 Å². The van der Waals surface area contributed by atoms with Crippen molar-refractivity contribution in [2.24, 2.45) is 17.8 Å². The molecule has 0 unspecified atom stereocenters. The predicted molar refractivity (Wildman–Crippen MR) is 92.2 cm³/mol. The summed E-state index contributed by atoms with van der Waals surface area (Å²) in [7, 11) is 0. The Labute approximate surface area is 153 Å². The van der Waals surface area contributed by atoms with Crippen molar-refractivity contribution in [3.63, 3.8) is 0 Å². The van der Waals surface area contributed by atoms with Crippen LogP contribution in [0.15, 0.2) is 0 Å². The Balaban J connectivity index is 0.00000156. The van der Waals surface area contributed by atoms with Crippen molar-refractivity contribution in [2.75, 3.05) is 13.2 Å². The quantitative estimate of drug-likeness (QED) is 0.737. The summed E-state index contributed by atoms with van der Waals surface area (Å²) < 4.78 is 10.2. The molecule has 0 radical (unpaired) electrons. The number of aromatic nitrogens is 4. The predicted octanol–water partition coefficient (Wildman–Crippen LogP) is 1.25. The Bertz CT molecular complexity index is 504. The molecule has 1 aromatic rings. The maximum absolute atomic E-state index is 11.5. The lowest BCUT2D eigenvalue weighted by Gasteiger charge is -2.42. The first-order valence-electron chi connectivity index (χ1n) is 8.53. The van der Waals surface area contributed by atoms with Crippen molar-refractivity contribution >= 4 is 18.6 Å². The number of nitrogens with zero attached hydrogens (tertiary/aromatic N) is 3. The number of hydrogen-bond donors (Lipinski definition) is 2. The highest BCUT2D eigenvalue weighted by Crippen LogP contribution is 2.40. The number of nitrogens with one attached hydrogen (secondary N) is 2. The Morgan fingerprint density at radius 3 is 2.84 bits per heavy atom. The van der Waals surface area contributed by atoms with Crippen LogP contribution in [0, 0.1) is 17.8 Å². The summed E-state index contributed by atoms with van der Waals surface area (Å²) in [6, 6.07) is 0. The minimum atomic E-state index is -0.576. The largest absolute Gasteiger partial charge is 0.509 e. The van der Waals surface area contributed by atoms with Crippen molar-refractivity contribution < 1.29 is 19.7 Å². The molecule has 25 heavy (non-hydrogen) atoms. The molecule has 0 spiro atoms. The summed E-state index contributed by atoms with van der Waals surface area (Å²) in [5.74, 6) is 2.79. The average molecular weight is 378 g/mol. The molecule has 2 aliphatic rings. The number of ether oxygens (including phenoxy) is 2. The third-order valence-corrected chi connectivity index (χ3v) is 5.04. The summed E-state index contributed by atoms with van der Waals surface area (Å²) in [5.41, 5.74) is 0. The highest BCUT2D eigenvalue weighted by molar-refractivity contribution is 5.85. The molecular formula is C15H28ClN5O4. The third-order valence-electron chi connectivity index (χ3n) is 5.04. The number of carbonyl (C=O) groups is 1. The van der Waals surface area contributed by atoms with Crippen molar-refractivity contribution in [2.45, 2.75) is 51.7 Å². The molecule has 1 aromatic heterocycles. The molecule has 144 valence electrons. The molecule has 2 fully saturated rings. The molecule has 4 N–H and O–H groups in total. The number of fused-ring (bicyclic) bond motifs is 1. The Hall–Kier alpha value is -1.45. The Kier molecular flexibility index (Phi) is 9.09. The summed E-state index contributed by atoms with van der Waals surface area (Å²) in [6.45, 7) is 3.04. The van der Waals surface area contributed by atoms with Crippen LogP contribution in [-0.4, -0.2) is 51.6 Å². The van der Waals surface area contributed by atoms with Gasteiger partial charge in [-0.25, -0.2) is 4.79 Å². The van der Waals surface area contributed by atoms with Gasteiger partial charge >= 0.3 is 6.16 Å². The minimum absolute atomic E-state index is 0. The van der Waals surface area contributed by atoms with Gasteiger partial charge in [0.1, 0.15) is 0 Å². The molecule has 1 aliphatic heterocycles. The Morgan fingerprint density at radius 1 is 1.28 bits per heavy atom. The number of hydrogen-bond acceptors (Lipinski definition) is 7. The highest BCUT2D eigenvalue weighted by atomic mass is 35.5. The van der Waals surface area contributed by atoms with Gasteiger partial charge in [0.25, 0.3) is 0 Å².